The molecule has 9 nitrogen and oxygen atoms in total. The lowest BCUT2D eigenvalue weighted by molar-refractivity contribution is -0.274. The predicted octanol–water partition coefficient (Wildman–Crippen LogP) is 2.06. The van der Waals surface area contributed by atoms with Gasteiger partial charge in [0, 0.05) is 11.1 Å². The Kier molecular flexibility index (Phi) is 6.41. The Morgan fingerprint density at radius 3 is 2.48 bits per heavy atom. The molecule has 0 aliphatic carbocycles. The highest BCUT2D eigenvalue weighted by Crippen LogP contribution is 2.28. The lowest BCUT2D eigenvalue weighted by Crippen LogP contribution is -2.34. The van der Waals surface area contributed by atoms with E-state index in [1.54, 1.807) is 0 Å². The van der Waals surface area contributed by atoms with Gasteiger partial charge in [-0.25, -0.2) is 22.3 Å². The fourth-order valence-corrected chi connectivity index (χ4v) is 3.90. The lowest BCUT2D eigenvalue weighted by atomic mass is 9.96. The number of nitrogens with two attached hydrogens (primary N) is 1. The highest BCUT2D eigenvalue weighted by Gasteiger charge is 2.32. The van der Waals surface area contributed by atoms with Gasteiger partial charge in [-0.1, -0.05) is 0 Å². The molecular weight excluding hydrogens is 477 g/mol. The van der Waals surface area contributed by atoms with Gasteiger partial charge in [-0.15, -0.1) is 23.4 Å². The minimum atomic E-state index is -4.96. The molecule has 0 saturated carbocycles. The van der Waals surface area contributed by atoms with Gasteiger partial charge in [0.05, 0.1) is 12.3 Å². The van der Waals surface area contributed by atoms with Crippen LogP contribution in [0.3, 0.4) is 0 Å². The first-order valence-electron chi connectivity index (χ1n) is 8.98. The summed E-state index contributed by atoms with van der Waals surface area (Å²) >= 11 is 0. The van der Waals surface area contributed by atoms with Gasteiger partial charge in [-0.2, -0.15) is 4.80 Å². The number of rotatable bonds is 7. The van der Waals surface area contributed by atoms with E-state index in [1.807, 2.05) is 0 Å². The van der Waals surface area contributed by atoms with E-state index in [0.717, 1.165) is 42.1 Å². The van der Waals surface area contributed by atoms with Gasteiger partial charge in [0.25, 0.3) is 0 Å². The van der Waals surface area contributed by atoms with Crippen LogP contribution in [0.25, 0.3) is 11.4 Å². The fraction of sp³-hybridized carbons (Fsp3) is 0.278. The number of ether oxygens (including phenoxy) is 1. The van der Waals surface area contributed by atoms with Crippen molar-refractivity contribution in [1.29, 1.82) is 0 Å². The monoisotopic (exact) mass is 493 g/mol. The normalized spacial score (nSPS) is 14.2. The summed E-state index contributed by atoms with van der Waals surface area (Å²) in [5.41, 5.74) is -2.41. The number of sulfonamides is 1. The Morgan fingerprint density at radius 2 is 1.85 bits per heavy atom. The summed E-state index contributed by atoms with van der Waals surface area (Å²) in [6.45, 7) is 0.693. The third-order valence-corrected chi connectivity index (χ3v) is 5.24. The maximum atomic E-state index is 14.1. The lowest BCUT2D eigenvalue weighted by Gasteiger charge is -2.23. The quantitative estimate of drug-likeness (QED) is 0.482. The molecule has 0 amide bonds. The molecule has 1 heterocycles. The average Bonchev–Trinajstić information content (AvgIpc) is 3.09. The second kappa shape index (κ2) is 8.64. The zero-order valence-electron chi connectivity index (χ0n) is 16.7. The van der Waals surface area contributed by atoms with Crippen molar-refractivity contribution in [2.24, 2.45) is 5.14 Å². The summed E-state index contributed by atoms with van der Waals surface area (Å²) in [5, 5.41) is 26.7. The van der Waals surface area contributed by atoms with Crippen molar-refractivity contribution in [3.8, 4) is 17.1 Å². The van der Waals surface area contributed by atoms with Crippen LogP contribution in [-0.4, -0.2) is 45.8 Å². The average molecular weight is 493 g/mol. The van der Waals surface area contributed by atoms with Gasteiger partial charge in [-0.05, 0) is 54.1 Å². The number of alkyl halides is 3. The molecule has 3 aromatic rings. The molecule has 1 aromatic heterocycles. The molecule has 3 N–H and O–H groups in total. The SMILES string of the molecule is C[C@](O)(CS(N)(=O)=O)c1cc(F)cc(-c2nnn(Cc3cc(OC(F)(F)F)ccc3F)n2)c1. The largest absolute Gasteiger partial charge is 0.573 e. The Labute approximate surface area is 183 Å². The van der Waals surface area contributed by atoms with Gasteiger partial charge in [0.2, 0.25) is 15.8 Å². The van der Waals surface area contributed by atoms with Crippen molar-refractivity contribution in [3.63, 3.8) is 0 Å². The van der Waals surface area contributed by atoms with Gasteiger partial charge in [0.1, 0.15) is 23.0 Å². The Balaban J connectivity index is 1.88. The summed E-state index contributed by atoms with van der Waals surface area (Å²) in [4.78, 5) is 0.845. The first kappa shape index (κ1) is 24.5. The summed E-state index contributed by atoms with van der Waals surface area (Å²) in [5.74, 6) is -3.41. The predicted molar refractivity (Wildman–Crippen MR) is 103 cm³/mol. The number of benzene rings is 2. The summed E-state index contributed by atoms with van der Waals surface area (Å²) in [6, 6.07) is 5.50. The van der Waals surface area contributed by atoms with E-state index in [0.29, 0.717) is 0 Å². The molecule has 3 rings (SSSR count). The number of nitrogens with zero attached hydrogens (tertiary/aromatic N) is 4. The second-order valence-corrected chi connectivity index (χ2v) is 8.87. The molecule has 0 unspecified atom stereocenters. The van der Waals surface area contributed by atoms with E-state index in [-0.39, 0.29) is 22.5 Å². The second-order valence-electron chi connectivity index (χ2n) is 7.25. The number of primary sulfonamides is 1. The zero-order valence-corrected chi connectivity index (χ0v) is 17.5. The van der Waals surface area contributed by atoms with Crippen LogP contribution in [0.2, 0.25) is 0 Å². The van der Waals surface area contributed by atoms with Crippen LogP contribution >= 0.6 is 0 Å². The third kappa shape index (κ3) is 6.66. The number of hydrogen-bond donors (Lipinski definition) is 2. The number of halogens is 5. The number of hydrogen-bond acceptors (Lipinski definition) is 7. The van der Waals surface area contributed by atoms with E-state index >= 15 is 0 Å². The molecule has 178 valence electrons. The first-order chi connectivity index (χ1) is 15.1. The smallest absolute Gasteiger partial charge is 0.406 e. The van der Waals surface area contributed by atoms with Crippen molar-refractivity contribution in [2.45, 2.75) is 25.4 Å². The van der Waals surface area contributed by atoms with Crippen molar-refractivity contribution in [2.75, 3.05) is 5.75 Å². The highest BCUT2D eigenvalue weighted by molar-refractivity contribution is 7.89. The molecule has 0 radical (unpaired) electrons. The molecule has 0 saturated heterocycles. The number of aromatic nitrogens is 4. The zero-order chi connectivity index (χ0) is 24.6. The minimum absolute atomic E-state index is 0.000529. The van der Waals surface area contributed by atoms with Gasteiger partial charge in [-0.3, -0.25) is 0 Å². The van der Waals surface area contributed by atoms with Crippen molar-refractivity contribution in [3.05, 3.63) is 59.2 Å². The summed E-state index contributed by atoms with van der Waals surface area (Å²) in [6.07, 6.45) is -4.96. The molecule has 0 aliphatic rings. The van der Waals surface area contributed by atoms with Crippen LogP contribution in [0.15, 0.2) is 36.4 Å². The van der Waals surface area contributed by atoms with E-state index in [4.69, 9.17) is 5.14 Å². The molecule has 33 heavy (non-hydrogen) atoms. The van der Waals surface area contributed by atoms with E-state index in [9.17, 15) is 35.5 Å². The van der Waals surface area contributed by atoms with Crippen molar-refractivity contribution >= 4 is 10.0 Å². The highest BCUT2D eigenvalue weighted by atomic mass is 32.2. The van der Waals surface area contributed by atoms with Crippen LogP contribution in [-0.2, 0) is 22.2 Å². The van der Waals surface area contributed by atoms with Crippen LogP contribution in [0, 0.1) is 11.6 Å². The van der Waals surface area contributed by atoms with Crippen LogP contribution < -0.4 is 9.88 Å². The standard InChI is InChI=1S/C18H16F5N5O4S/c1-17(29,9-33(24,30)31)12-4-10(5-13(19)7-12)16-25-27-28(26-16)8-11-6-14(2-3-15(11)20)32-18(21,22)23/h2-7,29H,8-9H2,1H3,(H2,24,30,31)/t17-/m0/s1. The van der Waals surface area contributed by atoms with E-state index in [2.05, 4.69) is 20.1 Å². The van der Waals surface area contributed by atoms with E-state index in [1.165, 1.54) is 6.07 Å². The molecule has 0 fully saturated rings. The van der Waals surface area contributed by atoms with Gasteiger partial charge < -0.3 is 9.84 Å². The minimum Gasteiger partial charge on any atom is -0.406 e. The van der Waals surface area contributed by atoms with Crippen LogP contribution in [0.5, 0.6) is 5.75 Å². The topological polar surface area (TPSA) is 133 Å². The molecule has 1 atom stereocenters. The third-order valence-electron chi connectivity index (χ3n) is 4.28. The molecule has 0 bridgehead atoms. The molecule has 2 aromatic carbocycles. The number of aliphatic hydroxyl groups is 1. The van der Waals surface area contributed by atoms with Crippen molar-refractivity contribution in [1.82, 2.24) is 20.2 Å². The Bertz CT molecular complexity index is 1280. The Morgan fingerprint density at radius 1 is 1.15 bits per heavy atom. The van der Waals surface area contributed by atoms with E-state index < -0.39 is 51.7 Å². The maximum Gasteiger partial charge on any atom is 0.573 e. The molecule has 15 heteroatoms. The first-order valence-corrected chi connectivity index (χ1v) is 10.7. The molecule has 0 aliphatic heterocycles. The molecular formula is C18H16F5N5O4S. The van der Waals surface area contributed by atoms with Crippen LogP contribution in [0.1, 0.15) is 18.1 Å². The summed E-state index contributed by atoms with van der Waals surface area (Å²) < 4.78 is 91.8. The van der Waals surface area contributed by atoms with Crippen LogP contribution in [0.4, 0.5) is 22.0 Å². The summed E-state index contributed by atoms with van der Waals surface area (Å²) in [7, 11) is -4.11. The fourth-order valence-electron chi connectivity index (χ4n) is 2.95. The number of tetrazole rings is 1. The van der Waals surface area contributed by atoms with Gasteiger partial charge in [0.15, 0.2) is 0 Å². The van der Waals surface area contributed by atoms with Crippen molar-refractivity contribution < 1.29 is 40.2 Å². The maximum absolute atomic E-state index is 14.1. The molecule has 0 spiro atoms. The van der Waals surface area contributed by atoms with Gasteiger partial charge >= 0.3 is 6.36 Å². The Hall–Kier alpha value is -3.17.